The molecule has 0 atom stereocenters. The maximum atomic E-state index is 12.0. The first-order chi connectivity index (χ1) is 8.63. The van der Waals surface area contributed by atoms with Crippen LogP contribution in [0.4, 0.5) is 13.2 Å². The number of carbonyl (C=O) groups is 1. The van der Waals surface area contributed by atoms with Crippen LogP contribution in [0.5, 0.6) is 0 Å². The number of alkyl halides is 3. The summed E-state index contributed by atoms with van der Waals surface area (Å²) in [6.45, 7) is 0.952. The van der Waals surface area contributed by atoms with E-state index in [2.05, 4.69) is 0 Å². The maximum Gasteiger partial charge on any atom is 0.389 e. The first-order valence-electron chi connectivity index (χ1n) is 5.51. The Morgan fingerprint density at radius 2 is 1.89 bits per heavy atom. The zero-order valence-electron chi connectivity index (χ0n) is 10.5. The zero-order chi connectivity index (χ0) is 14.8. The number of aromatic nitrogens is 2. The third kappa shape index (κ3) is 3.80. The van der Waals surface area contributed by atoms with Gasteiger partial charge in [-0.15, -0.1) is 0 Å². The molecule has 1 aromatic rings. The Kier molecular flexibility index (Phi) is 4.33. The summed E-state index contributed by atoms with van der Waals surface area (Å²) in [5.74, 6) is -0.537. The van der Waals surface area contributed by atoms with E-state index in [9.17, 15) is 27.6 Å². The third-order valence-electron chi connectivity index (χ3n) is 2.59. The fraction of sp³-hybridized carbons (Fsp3) is 0.545. The Bertz CT molecular complexity index is 599. The van der Waals surface area contributed by atoms with E-state index < -0.39 is 29.6 Å². The van der Waals surface area contributed by atoms with Gasteiger partial charge >= 0.3 is 11.9 Å². The number of ketones is 1. The molecule has 8 heteroatoms. The summed E-state index contributed by atoms with van der Waals surface area (Å²) in [4.78, 5) is 34.4. The second-order valence-corrected chi connectivity index (χ2v) is 4.16. The van der Waals surface area contributed by atoms with E-state index in [1.165, 1.54) is 7.05 Å². The number of nitrogens with zero attached hydrogens (tertiary/aromatic N) is 2. The smallest absolute Gasteiger partial charge is 0.300 e. The summed E-state index contributed by atoms with van der Waals surface area (Å²) in [5.41, 5.74) is -1.70. The minimum atomic E-state index is -4.30. The number of Topliss-reactive ketones (excluding diaryl/α,β-unsaturated/α-hetero) is 1. The number of aryl methyl sites for hydroxylation is 1. The molecule has 0 saturated carbocycles. The van der Waals surface area contributed by atoms with Gasteiger partial charge in [-0.1, -0.05) is 0 Å². The second-order valence-electron chi connectivity index (χ2n) is 4.16. The summed E-state index contributed by atoms with van der Waals surface area (Å²) in [5, 5.41) is 0. The normalized spacial score (nSPS) is 11.6. The van der Waals surface area contributed by atoms with Crippen molar-refractivity contribution in [2.45, 2.75) is 32.5 Å². The van der Waals surface area contributed by atoms with Gasteiger partial charge in [-0.2, -0.15) is 13.2 Å². The first-order valence-corrected chi connectivity index (χ1v) is 5.51. The van der Waals surface area contributed by atoms with Crippen LogP contribution in [0.3, 0.4) is 0 Å². The van der Waals surface area contributed by atoms with Gasteiger partial charge in [-0.25, -0.2) is 4.79 Å². The van der Waals surface area contributed by atoms with E-state index in [0.29, 0.717) is 4.57 Å². The predicted molar refractivity (Wildman–Crippen MR) is 61.2 cm³/mol. The molecule has 0 aliphatic rings. The molecule has 0 unspecified atom stereocenters. The lowest BCUT2D eigenvalue weighted by Crippen LogP contribution is -2.40. The number of hydrogen-bond acceptors (Lipinski definition) is 3. The van der Waals surface area contributed by atoms with Gasteiger partial charge in [0.1, 0.15) is 0 Å². The molecule has 0 aliphatic heterocycles. The highest BCUT2D eigenvalue weighted by molar-refractivity contribution is 5.93. The van der Waals surface area contributed by atoms with Crippen LogP contribution in [-0.4, -0.2) is 21.1 Å². The molecule has 0 fully saturated rings. The van der Waals surface area contributed by atoms with Crippen molar-refractivity contribution in [2.75, 3.05) is 0 Å². The van der Waals surface area contributed by atoms with Crippen molar-refractivity contribution in [1.82, 2.24) is 9.13 Å². The van der Waals surface area contributed by atoms with Crippen molar-refractivity contribution in [3.05, 3.63) is 32.6 Å². The van der Waals surface area contributed by atoms with Crippen molar-refractivity contribution < 1.29 is 18.0 Å². The van der Waals surface area contributed by atoms with E-state index >= 15 is 0 Å². The molecule has 1 aromatic heterocycles. The Hall–Kier alpha value is -1.86. The van der Waals surface area contributed by atoms with Gasteiger partial charge in [0.25, 0.3) is 5.56 Å². The topological polar surface area (TPSA) is 61.1 Å². The Morgan fingerprint density at radius 1 is 1.32 bits per heavy atom. The number of carbonyl (C=O) groups excluding carboxylic acids is 1. The number of rotatable bonds is 4. The molecule has 1 heterocycles. The second kappa shape index (κ2) is 5.41. The van der Waals surface area contributed by atoms with E-state index in [4.69, 9.17) is 0 Å². The fourth-order valence-electron chi connectivity index (χ4n) is 1.58. The minimum absolute atomic E-state index is 0.202. The molecular weight excluding hydrogens is 265 g/mol. The van der Waals surface area contributed by atoms with E-state index in [1.807, 2.05) is 0 Å². The molecule has 0 spiro atoms. The monoisotopic (exact) mass is 278 g/mol. The Morgan fingerprint density at radius 3 is 2.37 bits per heavy atom. The molecule has 19 heavy (non-hydrogen) atoms. The van der Waals surface area contributed by atoms with Crippen LogP contribution in [0.1, 0.15) is 30.1 Å². The van der Waals surface area contributed by atoms with Gasteiger partial charge in [0.2, 0.25) is 0 Å². The summed E-state index contributed by atoms with van der Waals surface area (Å²) in [7, 11) is 1.18. The fourth-order valence-corrected chi connectivity index (χ4v) is 1.58. The van der Waals surface area contributed by atoms with E-state index in [0.717, 1.165) is 17.7 Å². The van der Waals surface area contributed by atoms with E-state index in [1.54, 1.807) is 0 Å². The summed E-state index contributed by atoms with van der Waals surface area (Å²) in [6, 6.07) is 0. The third-order valence-corrected chi connectivity index (χ3v) is 2.59. The van der Waals surface area contributed by atoms with E-state index in [-0.39, 0.29) is 18.5 Å². The standard InChI is InChI=1S/C11H13F3N2O3/c1-7(17)8-6-16(5-3-4-11(12,13)14)10(19)15(2)9(8)18/h6H,3-5H2,1-2H3. The van der Waals surface area contributed by atoms with Gasteiger partial charge in [0.15, 0.2) is 5.78 Å². The highest BCUT2D eigenvalue weighted by Gasteiger charge is 2.26. The quantitative estimate of drug-likeness (QED) is 0.775. The average Bonchev–Trinajstić information content (AvgIpc) is 2.27. The summed E-state index contributed by atoms with van der Waals surface area (Å²) in [6.07, 6.45) is -4.60. The molecule has 0 radical (unpaired) electrons. The Labute approximate surface area is 106 Å². The molecule has 0 amide bonds. The van der Waals surface area contributed by atoms with Crippen molar-refractivity contribution in [3.8, 4) is 0 Å². The summed E-state index contributed by atoms with van der Waals surface area (Å²) < 4.78 is 37.7. The number of hydrogen-bond donors (Lipinski definition) is 0. The zero-order valence-corrected chi connectivity index (χ0v) is 10.5. The molecule has 0 aromatic carbocycles. The first kappa shape index (κ1) is 15.2. The lowest BCUT2D eigenvalue weighted by Gasteiger charge is -2.10. The highest BCUT2D eigenvalue weighted by Crippen LogP contribution is 2.21. The van der Waals surface area contributed by atoms with Crippen molar-refractivity contribution in [3.63, 3.8) is 0 Å². The van der Waals surface area contributed by atoms with Crippen LogP contribution in [0.2, 0.25) is 0 Å². The molecule has 0 aliphatic carbocycles. The molecule has 106 valence electrons. The molecule has 0 saturated heterocycles. The molecule has 0 bridgehead atoms. The highest BCUT2D eigenvalue weighted by atomic mass is 19.4. The maximum absolute atomic E-state index is 12.0. The molecular formula is C11H13F3N2O3. The van der Waals surface area contributed by atoms with Crippen LogP contribution in [-0.2, 0) is 13.6 Å². The molecule has 1 rings (SSSR count). The lowest BCUT2D eigenvalue weighted by atomic mass is 10.2. The van der Waals surface area contributed by atoms with Crippen molar-refractivity contribution in [2.24, 2.45) is 7.05 Å². The molecule has 5 nitrogen and oxygen atoms in total. The Balaban J connectivity index is 3.06. The predicted octanol–water partition coefficient (Wildman–Crippen LogP) is 1.09. The van der Waals surface area contributed by atoms with Gasteiger partial charge in [-0.05, 0) is 13.3 Å². The van der Waals surface area contributed by atoms with Gasteiger partial charge in [-0.3, -0.25) is 18.7 Å². The van der Waals surface area contributed by atoms with Gasteiger partial charge in [0, 0.05) is 26.2 Å². The van der Waals surface area contributed by atoms with Crippen LogP contribution < -0.4 is 11.2 Å². The van der Waals surface area contributed by atoms with Crippen LogP contribution in [0.15, 0.2) is 15.8 Å². The van der Waals surface area contributed by atoms with Crippen LogP contribution in [0, 0.1) is 0 Å². The van der Waals surface area contributed by atoms with Gasteiger partial charge in [0.05, 0.1) is 5.56 Å². The SMILES string of the molecule is CC(=O)c1cn(CCCC(F)(F)F)c(=O)n(C)c1=O. The summed E-state index contributed by atoms with van der Waals surface area (Å²) >= 11 is 0. The molecule has 0 N–H and O–H groups in total. The average molecular weight is 278 g/mol. The van der Waals surface area contributed by atoms with Crippen molar-refractivity contribution in [1.29, 1.82) is 0 Å². The lowest BCUT2D eigenvalue weighted by molar-refractivity contribution is -0.135. The van der Waals surface area contributed by atoms with Crippen molar-refractivity contribution >= 4 is 5.78 Å². The van der Waals surface area contributed by atoms with Gasteiger partial charge < -0.3 is 0 Å². The largest absolute Gasteiger partial charge is 0.389 e. The van der Waals surface area contributed by atoms with Crippen LogP contribution in [0.25, 0.3) is 0 Å². The van der Waals surface area contributed by atoms with Crippen LogP contribution >= 0.6 is 0 Å². The number of halogens is 3. The minimum Gasteiger partial charge on any atom is -0.300 e.